The average molecular weight is 423 g/mol. The van der Waals surface area contributed by atoms with Crippen LogP contribution in [-0.2, 0) is 16.0 Å². The Morgan fingerprint density at radius 1 is 1.30 bits per heavy atom. The van der Waals surface area contributed by atoms with Crippen LogP contribution in [0.25, 0.3) is 0 Å². The smallest absolute Gasteiger partial charge is 0.0626 e. The van der Waals surface area contributed by atoms with E-state index in [9.17, 15) is 0 Å². The molecule has 1 aliphatic rings. The van der Waals surface area contributed by atoms with Crippen LogP contribution in [0, 0.1) is 17.3 Å². The molecule has 6 heteroatoms. The minimum atomic E-state index is 0.189. The van der Waals surface area contributed by atoms with Gasteiger partial charge in [-0.2, -0.15) is 5.10 Å². The van der Waals surface area contributed by atoms with Crippen molar-refractivity contribution in [2.24, 2.45) is 17.3 Å². The highest BCUT2D eigenvalue weighted by Gasteiger charge is 2.34. The van der Waals surface area contributed by atoms with Gasteiger partial charge < -0.3 is 19.7 Å². The topological polar surface area (TPSA) is 62.4 Å². The quantitative estimate of drug-likeness (QED) is 0.532. The summed E-state index contributed by atoms with van der Waals surface area (Å²) in [6.07, 6.45) is 5.63. The van der Waals surface area contributed by atoms with E-state index in [1.807, 2.05) is 13.2 Å². The van der Waals surface area contributed by atoms with Crippen LogP contribution >= 0.6 is 0 Å². The Bertz CT molecular complexity index is 596. The van der Waals surface area contributed by atoms with Crippen molar-refractivity contribution in [1.82, 2.24) is 20.4 Å². The Balaban J connectivity index is 2.02. The number of rotatable bonds is 12. The molecule has 30 heavy (non-hydrogen) atoms. The van der Waals surface area contributed by atoms with Gasteiger partial charge in [-0.05, 0) is 44.7 Å². The molecule has 0 bridgehead atoms. The van der Waals surface area contributed by atoms with Crippen molar-refractivity contribution >= 4 is 0 Å². The van der Waals surface area contributed by atoms with Gasteiger partial charge in [0, 0.05) is 49.3 Å². The Morgan fingerprint density at radius 3 is 2.73 bits per heavy atom. The molecule has 1 fully saturated rings. The first-order chi connectivity index (χ1) is 14.2. The first-order valence-electron chi connectivity index (χ1n) is 11.7. The molecule has 0 radical (unpaired) electrons. The molecule has 6 nitrogen and oxygen atoms in total. The third-order valence-corrected chi connectivity index (χ3v) is 5.77. The summed E-state index contributed by atoms with van der Waals surface area (Å²) in [6.45, 7) is 16.5. The van der Waals surface area contributed by atoms with E-state index in [0.717, 1.165) is 58.7 Å². The zero-order valence-electron chi connectivity index (χ0n) is 20.5. The van der Waals surface area contributed by atoms with Gasteiger partial charge in [-0.25, -0.2) is 0 Å². The molecular weight excluding hydrogens is 376 g/mol. The second-order valence-electron chi connectivity index (χ2n) is 10.8. The van der Waals surface area contributed by atoms with Crippen LogP contribution in [0.5, 0.6) is 0 Å². The van der Waals surface area contributed by atoms with Crippen LogP contribution < -0.4 is 5.32 Å². The Hall–Kier alpha value is -0.950. The van der Waals surface area contributed by atoms with E-state index in [1.54, 1.807) is 0 Å². The minimum Gasteiger partial charge on any atom is -0.381 e. The SMILES string of the molecule is CNCCN(C)Cc1cn[nH]c1C1CCC(OCC(C)(C)C)C(COCC(C)C)C1. The van der Waals surface area contributed by atoms with Crippen molar-refractivity contribution in [3.8, 4) is 0 Å². The summed E-state index contributed by atoms with van der Waals surface area (Å²) in [5.41, 5.74) is 2.83. The highest BCUT2D eigenvalue weighted by molar-refractivity contribution is 5.21. The Morgan fingerprint density at radius 2 is 2.07 bits per heavy atom. The fourth-order valence-electron chi connectivity index (χ4n) is 4.18. The molecule has 174 valence electrons. The molecule has 3 atom stereocenters. The number of aromatic nitrogens is 2. The van der Waals surface area contributed by atoms with Crippen LogP contribution in [-0.4, -0.2) is 68.2 Å². The predicted octanol–water partition coefficient (Wildman–Crippen LogP) is 4.05. The first-order valence-corrected chi connectivity index (χ1v) is 11.7. The van der Waals surface area contributed by atoms with E-state index in [-0.39, 0.29) is 11.5 Å². The summed E-state index contributed by atoms with van der Waals surface area (Å²) in [6, 6.07) is 0. The molecule has 0 spiro atoms. The summed E-state index contributed by atoms with van der Waals surface area (Å²) in [7, 11) is 4.17. The highest BCUT2D eigenvalue weighted by Crippen LogP contribution is 2.39. The van der Waals surface area contributed by atoms with Gasteiger partial charge in [-0.3, -0.25) is 5.10 Å². The molecule has 1 saturated carbocycles. The zero-order chi connectivity index (χ0) is 22.1. The van der Waals surface area contributed by atoms with Crippen LogP contribution in [0.4, 0.5) is 0 Å². The summed E-state index contributed by atoms with van der Waals surface area (Å²) in [4.78, 5) is 2.35. The average Bonchev–Trinajstić information content (AvgIpc) is 3.12. The number of H-pyrrole nitrogens is 1. The van der Waals surface area contributed by atoms with Gasteiger partial charge in [0.25, 0.3) is 0 Å². The third kappa shape index (κ3) is 8.66. The summed E-state index contributed by atoms with van der Waals surface area (Å²) < 4.78 is 12.5. The van der Waals surface area contributed by atoms with Gasteiger partial charge in [0.2, 0.25) is 0 Å². The molecule has 3 unspecified atom stereocenters. The van der Waals surface area contributed by atoms with Crippen molar-refractivity contribution in [2.75, 3.05) is 47.0 Å². The van der Waals surface area contributed by atoms with E-state index in [1.165, 1.54) is 11.3 Å². The number of nitrogens with zero attached hydrogens (tertiary/aromatic N) is 2. The summed E-state index contributed by atoms with van der Waals surface area (Å²) >= 11 is 0. The van der Waals surface area contributed by atoms with Crippen molar-refractivity contribution in [1.29, 1.82) is 0 Å². The molecule has 0 aliphatic heterocycles. The normalized spacial score (nSPS) is 22.9. The molecule has 0 aromatic carbocycles. The minimum absolute atomic E-state index is 0.189. The number of hydrogen-bond acceptors (Lipinski definition) is 5. The largest absolute Gasteiger partial charge is 0.381 e. The van der Waals surface area contributed by atoms with Crippen molar-refractivity contribution < 1.29 is 9.47 Å². The zero-order valence-corrected chi connectivity index (χ0v) is 20.5. The van der Waals surface area contributed by atoms with Crippen LogP contribution in [0.1, 0.15) is 71.1 Å². The van der Waals surface area contributed by atoms with Gasteiger partial charge in [0.1, 0.15) is 0 Å². The lowest BCUT2D eigenvalue weighted by Gasteiger charge is -2.37. The number of ether oxygens (including phenoxy) is 2. The van der Waals surface area contributed by atoms with E-state index < -0.39 is 0 Å². The van der Waals surface area contributed by atoms with Gasteiger partial charge in [-0.15, -0.1) is 0 Å². The number of likely N-dealkylation sites (N-methyl/N-ethyl adjacent to an activating group) is 2. The molecule has 1 aromatic heterocycles. The molecule has 0 saturated heterocycles. The standard InChI is InChI=1S/C24H46N4O2/c1-18(2)15-29-16-20-12-19(8-9-22(20)30-17-24(3,4)5)23-21(13-26-27-23)14-28(7)11-10-25-6/h13,18-20,22,25H,8-12,14-17H2,1-7H3,(H,26,27). The fraction of sp³-hybridized carbons (Fsp3) is 0.875. The maximum atomic E-state index is 6.40. The lowest BCUT2D eigenvalue weighted by Crippen LogP contribution is -2.36. The maximum Gasteiger partial charge on any atom is 0.0626 e. The lowest BCUT2D eigenvalue weighted by atomic mass is 9.77. The molecule has 1 heterocycles. The van der Waals surface area contributed by atoms with E-state index >= 15 is 0 Å². The van der Waals surface area contributed by atoms with Gasteiger partial charge in [0.05, 0.1) is 25.5 Å². The van der Waals surface area contributed by atoms with Gasteiger partial charge >= 0.3 is 0 Å². The number of nitrogens with one attached hydrogen (secondary N) is 2. The van der Waals surface area contributed by atoms with Crippen LogP contribution in [0.15, 0.2) is 6.20 Å². The number of hydrogen-bond donors (Lipinski definition) is 2. The molecular formula is C24H46N4O2. The van der Waals surface area contributed by atoms with Gasteiger partial charge in [-0.1, -0.05) is 34.6 Å². The van der Waals surface area contributed by atoms with Crippen molar-refractivity contribution in [2.45, 2.75) is 72.4 Å². The maximum absolute atomic E-state index is 6.40. The van der Waals surface area contributed by atoms with Crippen LogP contribution in [0.3, 0.4) is 0 Å². The fourth-order valence-corrected chi connectivity index (χ4v) is 4.18. The Labute approximate surface area is 184 Å². The van der Waals surface area contributed by atoms with Crippen LogP contribution in [0.2, 0.25) is 0 Å². The summed E-state index contributed by atoms with van der Waals surface area (Å²) in [5.74, 6) is 1.50. The molecule has 1 aliphatic carbocycles. The van der Waals surface area contributed by atoms with Gasteiger partial charge in [0.15, 0.2) is 0 Å². The monoisotopic (exact) mass is 422 g/mol. The number of aromatic amines is 1. The molecule has 1 aromatic rings. The molecule has 2 rings (SSSR count). The van der Waals surface area contributed by atoms with E-state index in [0.29, 0.717) is 17.8 Å². The second kappa shape index (κ2) is 12.2. The second-order valence-corrected chi connectivity index (χ2v) is 10.8. The summed E-state index contributed by atoms with van der Waals surface area (Å²) in [5, 5.41) is 11.0. The predicted molar refractivity (Wildman–Crippen MR) is 124 cm³/mol. The lowest BCUT2D eigenvalue weighted by molar-refractivity contribution is -0.0696. The third-order valence-electron chi connectivity index (χ3n) is 5.77. The first kappa shape index (κ1) is 25.3. The molecule has 0 amide bonds. The molecule has 2 N–H and O–H groups in total. The van der Waals surface area contributed by atoms with E-state index in [2.05, 4.69) is 62.1 Å². The Kier molecular flexibility index (Phi) is 10.3. The van der Waals surface area contributed by atoms with E-state index in [4.69, 9.17) is 9.47 Å². The highest BCUT2D eigenvalue weighted by atomic mass is 16.5. The van der Waals surface area contributed by atoms with Crippen molar-refractivity contribution in [3.63, 3.8) is 0 Å². The van der Waals surface area contributed by atoms with Crippen molar-refractivity contribution in [3.05, 3.63) is 17.5 Å².